The van der Waals surface area contributed by atoms with Gasteiger partial charge in [0, 0.05) is 31.1 Å². The summed E-state index contributed by atoms with van der Waals surface area (Å²) in [5.74, 6) is 6.14. The molecule has 0 aromatic rings. The Kier molecular flexibility index (Phi) is 11.8. The molecule has 4 atom stereocenters. The summed E-state index contributed by atoms with van der Waals surface area (Å²) in [6.07, 6.45) is 11.2. The third kappa shape index (κ3) is 9.34. The maximum absolute atomic E-state index is 11.5. The zero-order valence-corrected chi connectivity index (χ0v) is 19.4. The summed E-state index contributed by atoms with van der Waals surface area (Å²) >= 11 is 0. The molecule has 0 unspecified atom stereocenters. The molecule has 0 amide bonds. The Morgan fingerprint density at radius 2 is 1.90 bits per heavy atom. The summed E-state index contributed by atoms with van der Waals surface area (Å²) in [7, 11) is 1.42. The fraction of sp³-hybridized carbons (Fsp3) is 0.760. The minimum absolute atomic E-state index is 0.0525. The Morgan fingerprint density at radius 3 is 2.53 bits per heavy atom. The van der Waals surface area contributed by atoms with E-state index in [9.17, 15) is 14.7 Å². The summed E-state index contributed by atoms with van der Waals surface area (Å²) in [4.78, 5) is 22.7. The minimum Gasteiger partial charge on any atom is -0.469 e. The number of allylic oxidation sites excluding steroid dienone is 1. The SMILES string of the molecule is CC#CCC(C)(C)[C@H](O)C=C[C@H]1CC[C@H](OC(C)=O)[C@@H]1CCCCCCC(=O)OC. The second-order valence-electron chi connectivity index (χ2n) is 9.00. The molecule has 0 aliphatic heterocycles. The van der Waals surface area contributed by atoms with Gasteiger partial charge < -0.3 is 14.6 Å². The Morgan fingerprint density at radius 1 is 1.20 bits per heavy atom. The maximum Gasteiger partial charge on any atom is 0.305 e. The molecule has 0 spiro atoms. The first-order valence-corrected chi connectivity index (χ1v) is 11.2. The van der Waals surface area contributed by atoms with Crippen molar-refractivity contribution in [3.8, 4) is 11.8 Å². The molecule has 1 rings (SSSR count). The first kappa shape index (κ1) is 26.2. The molecule has 0 bridgehead atoms. The number of hydrogen-bond acceptors (Lipinski definition) is 5. The smallest absolute Gasteiger partial charge is 0.305 e. The van der Waals surface area contributed by atoms with Crippen LogP contribution in [0, 0.1) is 29.1 Å². The topological polar surface area (TPSA) is 72.8 Å². The number of rotatable bonds is 12. The highest BCUT2D eigenvalue weighted by Gasteiger charge is 2.36. The van der Waals surface area contributed by atoms with Crippen molar-refractivity contribution in [3.05, 3.63) is 12.2 Å². The van der Waals surface area contributed by atoms with Crippen LogP contribution in [0.2, 0.25) is 0 Å². The van der Waals surface area contributed by atoms with Crippen molar-refractivity contribution in [1.29, 1.82) is 0 Å². The zero-order valence-electron chi connectivity index (χ0n) is 19.4. The Bertz CT molecular complexity index is 625. The van der Waals surface area contributed by atoms with Gasteiger partial charge in [0.1, 0.15) is 6.10 Å². The van der Waals surface area contributed by atoms with Crippen LogP contribution in [0.4, 0.5) is 0 Å². The van der Waals surface area contributed by atoms with Crippen molar-refractivity contribution >= 4 is 11.9 Å². The van der Waals surface area contributed by atoms with Gasteiger partial charge in [-0.1, -0.05) is 45.3 Å². The number of esters is 2. The third-order valence-corrected chi connectivity index (χ3v) is 6.09. The van der Waals surface area contributed by atoms with Gasteiger partial charge in [-0.05, 0) is 38.5 Å². The fourth-order valence-corrected chi connectivity index (χ4v) is 4.09. The van der Waals surface area contributed by atoms with Crippen LogP contribution in [0.3, 0.4) is 0 Å². The van der Waals surface area contributed by atoms with Gasteiger partial charge in [0.25, 0.3) is 0 Å². The number of aliphatic hydroxyl groups is 1. The zero-order chi connectivity index (χ0) is 22.6. The van der Waals surface area contributed by atoms with Crippen LogP contribution in [0.5, 0.6) is 0 Å². The van der Waals surface area contributed by atoms with E-state index >= 15 is 0 Å². The quantitative estimate of drug-likeness (QED) is 0.212. The Labute approximate surface area is 182 Å². The average Bonchev–Trinajstić information content (AvgIpc) is 3.07. The number of carbonyl (C=O) groups is 2. The van der Waals surface area contributed by atoms with Crippen LogP contribution in [0.15, 0.2) is 12.2 Å². The summed E-state index contributed by atoms with van der Waals surface area (Å²) in [6, 6.07) is 0. The molecule has 1 saturated carbocycles. The van der Waals surface area contributed by atoms with E-state index in [1.807, 2.05) is 26.8 Å². The summed E-state index contributed by atoms with van der Waals surface area (Å²) < 4.78 is 10.3. The van der Waals surface area contributed by atoms with Gasteiger partial charge in [0.15, 0.2) is 0 Å². The second-order valence-corrected chi connectivity index (χ2v) is 9.00. The van der Waals surface area contributed by atoms with E-state index in [2.05, 4.69) is 22.7 Å². The number of carbonyl (C=O) groups excluding carboxylic acids is 2. The molecule has 0 radical (unpaired) electrons. The fourth-order valence-electron chi connectivity index (χ4n) is 4.09. The van der Waals surface area contributed by atoms with Gasteiger partial charge in [-0.2, -0.15) is 0 Å². The lowest BCUT2D eigenvalue weighted by Gasteiger charge is -2.27. The summed E-state index contributed by atoms with van der Waals surface area (Å²) in [5, 5.41) is 10.6. The van der Waals surface area contributed by atoms with Gasteiger partial charge in [-0.25, -0.2) is 0 Å². The van der Waals surface area contributed by atoms with E-state index in [1.54, 1.807) is 0 Å². The number of methoxy groups -OCH3 is 1. The predicted octanol–water partition coefficient (Wildman–Crippen LogP) is 4.81. The number of ether oxygens (including phenoxy) is 2. The predicted molar refractivity (Wildman–Crippen MR) is 118 cm³/mol. The average molecular weight is 421 g/mol. The molecule has 0 aromatic carbocycles. The van der Waals surface area contributed by atoms with Crippen molar-refractivity contribution in [1.82, 2.24) is 0 Å². The molecule has 1 aliphatic carbocycles. The minimum atomic E-state index is -0.565. The molecule has 170 valence electrons. The lowest BCUT2D eigenvalue weighted by atomic mass is 9.82. The third-order valence-electron chi connectivity index (χ3n) is 6.09. The highest BCUT2D eigenvalue weighted by Crippen LogP contribution is 2.39. The number of hydrogen-bond donors (Lipinski definition) is 1. The van der Waals surface area contributed by atoms with E-state index in [0.29, 0.717) is 18.8 Å². The van der Waals surface area contributed by atoms with Crippen molar-refractivity contribution in [2.24, 2.45) is 17.3 Å². The van der Waals surface area contributed by atoms with Gasteiger partial charge in [-0.15, -0.1) is 11.8 Å². The highest BCUT2D eigenvalue weighted by molar-refractivity contribution is 5.69. The Hall–Kier alpha value is -1.80. The first-order chi connectivity index (χ1) is 14.2. The van der Waals surface area contributed by atoms with Crippen molar-refractivity contribution < 1.29 is 24.2 Å². The largest absolute Gasteiger partial charge is 0.469 e. The molecule has 30 heavy (non-hydrogen) atoms. The molecular formula is C25H40O5. The van der Waals surface area contributed by atoms with Gasteiger partial charge >= 0.3 is 11.9 Å². The van der Waals surface area contributed by atoms with Crippen molar-refractivity contribution in [2.75, 3.05) is 7.11 Å². The van der Waals surface area contributed by atoms with Gasteiger partial charge in [-0.3, -0.25) is 9.59 Å². The van der Waals surface area contributed by atoms with Crippen molar-refractivity contribution in [2.45, 2.75) is 97.7 Å². The van der Waals surface area contributed by atoms with Crippen LogP contribution in [0.1, 0.15) is 85.5 Å². The second kappa shape index (κ2) is 13.5. The lowest BCUT2D eigenvalue weighted by Crippen LogP contribution is -2.28. The maximum atomic E-state index is 11.5. The van der Waals surface area contributed by atoms with Crippen molar-refractivity contribution in [3.63, 3.8) is 0 Å². The summed E-state index contributed by atoms with van der Waals surface area (Å²) in [5.41, 5.74) is -0.303. The monoisotopic (exact) mass is 420 g/mol. The molecule has 5 nitrogen and oxygen atoms in total. The lowest BCUT2D eigenvalue weighted by molar-refractivity contribution is -0.148. The van der Waals surface area contributed by atoms with Gasteiger partial charge in [0.05, 0.1) is 13.2 Å². The van der Waals surface area contributed by atoms with Crippen LogP contribution < -0.4 is 0 Å². The molecule has 0 saturated heterocycles. The molecule has 1 aliphatic rings. The molecule has 0 heterocycles. The van der Waals surface area contributed by atoms with Crippen LogP contribution in [-0.2, 0) is 19.1 Å². The molecule has 1 N–H and O–H groups in total. The van der Waals surface area contributed by atoms with E-state index in [0.717, 1.165) is 44.9 Å². The molecule has 5 heteroatoms. The van der Waals surface area contributed by atoms with Gasteiger partial charge in [0.2, 0.25) is 0 Å². The highest BCUT2D eigenvalue weighted by atomic mass is 16.5. The van der Waals surface area contributed by atoms with E-state index in [1.165, 1.54) is 14.0 Å². The normalized spacial score (nSPS) is 22.4. The standard InChI is InChI=1S/C25H40O5/c1-6-7-18-25(3,4)23(27)17-15-20-14-16-22(30-19(2)26)21(20)12-10-8-9-11-13-24(28)29-5/h15,17,20-23,27H,8-14,16,18H2,1-5H3/t20-,21-,22+,23-/m1/s1. The molecule has 0 aromatic heterocycles. The number of unbranched alkanes of at least 4 members (excludes halogenated alkanes) is 3. The molecule has 1 fully saturated rings. The van der Waals surface area contributed by atoms with E-state index in [-0.39, 0.29) is 29.4 Å². The van der Waals surface area contributed by atoms with E-state index in [4.69, 9.17) is 4.74 Å². The van der Waals surface area contributed by atoms with Crippen LogP contribution in [-0.4, -0.2) is 36.4 Å². The van der Waals surface area contributed by atoms with E-state index < -0.39 is 6.10 Å². The van der Waals surface area contributed by atoms with Crippen LogP contribution in [0.25, 0.3) is 0 Å². The number of aliphatic hydroxyl groups excluding tert-OH is 1. The Balaban J connectivity index is 2.63. The summed E-state index contributed by atoms with van der Waals surface area (Å²) in [6.45, 7) is 7.32. The van der Waals surface area contributed by atoms with Crippen LogP contribution >= 0.6 is 0 Å². The first-order valence-electron chi connectivity index (χ1n) is 11.2. The molecular weight excluding hydrogens is 380 g/mol.